The van der Waals surface area contributed by atoms with E-state index in [4.69, 9.17) is 11.5 Å². The van der Waals surface area contributed by atoms with Crippen LogP contribution in [0.4, 0.5) is 0 Å². The molecule has 0 amide bonds. The number of hydrogen-bond acceptors (Lipinski definition) is 2. The summed E-state index contributed by atoms with van der Waals surface area (Å²) in [5.74, 6) is 0. The first-order chi connectivity index (χ1) is 6.68. The van der Waals surface area contributed by atoms with E-state index in [1.54, 1.807) is 0 Å². The number of nitrogens with two attached hydrogens (primary N) is 2. The van der Waals surface area contributed by atoms with Crippen molar-refractivity contribution >= 4 is 0 Å². The van der Waals surface area contributed by atoms with Crippen LogP contribution >= 0.6 is 0 Å². The minimum atomic E-state index is 0.124. The van der Waals surface area contributed by atoms with Gasteiger partial charge in [-0.25, -0.2) is 0 Å². The van der Waals surface area contributed by atoms with E-state index in [2.05, 4.69) is 18.2 Å². The molecular formula is C12H18N2. The van der Waals surface area contributed by atoms with Gasteiger partial charge < -0.3 is 11.5 Å². The Kier molecular flexibility index (Phi) is 2.57. The fourth-order valence-electron chi connectivity index (χ4n) is 2.16. The second-order valence-corrected chi connectivity index (χ2v) is 4.25. The molecular weight excluding hydrogens is 172 g/mol. The third kappa shape index (κ3) is 1.68. The zero-order chi connectivity index (χ0) is 10.1. The van der Waals surface area contributed by atoms with Crippen LogP contribution in [0.25, 0.3) is 0 Å². The normalized spacial score (nSPS) is 22.9. The molecule has 2 rings (SSSR count). The maximum Gasteiger partial charge on any atom is 0.0297 e. The molecule has 0 saturated heterocycles. The van der Waals surface area contributed by atoms with E-state index in [1.807, 2.05) is 6.92 Å². The highest BCUT2D eigenvalue weighted by Gasteiger charge is 2.16. The van der Waals surface area contributed by atoms with Crippen LogP contribution in [0.3, 0.4) is 0 Å². The topological polar surface area (TPSA) is 52.0 Å². The molecule has 0 unspecified atom stereocenters. The van der Waals surface area contributed by atoms with Crippen LogP contribution in [0.1, 0.15) is 48.5 Å². The van der Waals surface area contributed by atoms with Crippen LogP contribution in [0.15, 0.2) is 18.2 Å². The molecule has 0 spiro atoms. The van der Waals surface area contributed by atoms with Gasteiger partial charge in [0.25, 0.3) is 0 Å². The van der Waals surface area contributed by atoms with Crippen molar-refractivity contribution in [2.75, 3.05) is 0 Å². The maximum absolute atomic E-state index is 6.04. The lowest BCUT2D eigenvalue weighted by Crippen LogP contribution is -2.18. The average molecular weight is 190 g/mol. The second kappa shape index (κ2) is 3.71. The lowest BCUT2D eigenvalue weighted by atomic mass is 9.86. The Morgan fingerprint density at radius 2 is 2.21 bits per heavy atom. The van der Waals surface area contributed by atoms with Crippen LogP contribution in [0, 0.1) is 0 Å². The van der Waals surface area contributed by atoms with Crippen molar-refractivity contribution in [3.8, 4) is 0 Å². The summed E-state index contributed by atoms with van der Waals surface area (Å²) in [4.78, 5) is 0. The smallest absolute Gasteiger partial charge is 0.0297 e. The van der Waals surface area contributed by atoms with E-state index >= 15 is 0 Å². The Bertz CT molecular complexity index is 331. The Labute approximate surface area is 85.3 Å². The highest BCUT2D eigenvalue weighted by Crippen LogP contribution is 2.29. The molecule has 1 aliphatic rings. The minimum Gasteiger partial charge on any atom is -0.324 e. The summed E-state index contributed by atoms with van der Waals surface area (Å²) >= 11 is 0. The third-order valence-electron chi connectivity index (χ3n) is 3.05. The summed E-state index contributed by atoms with van der Waals surface area (Å²) < 4.78 is 0. The minimum absolute atomic E-state index is 0.124. The van der Waals surface area contributed by atoms with Gasteiger partial charge in [-0.15, -0.1) is 0 Å². The number of fused-ring (bicyclic) bond motifs is 1. The molecule has 1 aromatic rings. The fourth-order valence-corrected chi connectivity index (χ4v) is 2.16. The fraction of sp³-hybridized carbons (Fsp3) is 0.500. The molecule has 0 heterocycles. The molecule has 0 fully saturated rings. The van der Waals surface area contributed by atoms with Gasteiger partial charge in [-0.05, 0) is 42.9 Å². The monoisotopic (exact) mass is 190 g/mol. The van der Waals surface area contributed by atoms with Crippen molar-refractivity contribution in [3.63, 3.8) is 0 Å². The van der Waals surface area contributed by atoms with Crippen LogP contribution in [0.5, 0.6) is 0 Å². The van der Waals surface area contributed by atoms with E-state index in [0.717, 1.165) is 12.8 Å². The predicted octanol–water partition coefficient (Wildman–Crippen LogP) is 2.04. The van der Waals surface area contributed by atoms with Crippen molar-refractivity contribution < 1.29 is 0 Å². The second-order valence-electron chi connectivity index (χ2n) is 4.25. The molecule has 1 aromatic carbocycles. The molecule has 4 N–H and O–H groups in total. The molecule has 14 heavy (non-hydrogen) atoms. The summed E-state index contributed by atoms with van der Waals surface area (Å²) in [6, 6.07) is 6.84. The van der Waals surface area contributed by atoms with Gasteiger partial charge >= 0.3 is 0 Å². The van der Waals surface area contributed by atoms with E-state index in [-0.39, 0.29) is 12.1 Å². The predicted molar refractivity (Wildman–Crippen MR) is 58.9 cm³/mol. The average Bonchev–Trinajstić information content (AvgIpc) is 2.17. The molecule has 0 bridgehead atoms. The zero-order valence-corrected chi connectivity index (χ0v) is 8.66. The van der Waals surface area contributed by atoms with Gasteiger partial charge in [0.2, 0.25) is 0 Å². The van der Waals surface area contributed by atoms with Crippen LogP contribution in [-0.2, 0) is 6.42 Å². The first-order valence-electron chi connectivity index (χ1n) is 5.32. The third-order valence-corrected chi connectivity index (χ3v) is 3.05. The summed E-state index contributed by atoms with van der Waals surface area (Å²) in [6.07, 6.45) is 3.48. The molecule has 0 radical (unpaired) electrons. The number of aryl methyl sites for hydroxylation is 1. The molecule has 2 atom stereocenters. The lowest BCUT2D eigenvalue weighted by Gasteiger charge is -2.23. The Balaban J connectivity index is 2.39. The van der Waals surface area contributed by atoms with Gasteiger partial charge in [0.1, 0.15) is 0 Å². The first-order valence-corrected chi connectivity index (χ1v) is 5.32. The summed E-state index contributed by atoms with van der Waals surface area (Å²) in [5, 5.41) is 0. The van der Waals surface area contributed by atoms with Crippen LogP contribution < -0.4 is 11.5 Å². The number of benzene rings is 1. The largest absolute Gasteiger partial charge is 0.324 e. The van der Waals surface area contributed by atoms with E-state index in [1.165, 1.54) is 23.1 Å². The Hall–Kier alpha value is -0.860. The van der Waals surface area contributed by atoms with Crippen LogP contribution in [0.2, 0.25) is 0 Å². The number of rotatable bonds is 1. The van der Waals surface area contributed by atoms with Gasteiger partial charge in [0.05, 0.1) is 0 Å². The van der Waals surface area contributed by atoms with Gasteiger partial charge in [-0.3, -0.25) is 0 Å². The summed E-state index contributed by atoms with van der Waals surface area (Å²) in [7, 11) is 0. The quantitative estimate of drug-likeness (QED) is 0.712. The van der Waals surface area contributed by atoms with E-state index < -0.39 is 0 Å². The summed E-state index contributed by atoms with van der Waals surface area (Å²) in [5.41, 5.74) is 15.8. The van der Waals surface area contributed by atoms with Gasteiger partial charge in [0.15, 0.2) is 0 Å². The van der Waals surface area contributed by atoms with Crippen molar-refractivity contribution in [1.82, 2.24) is 0 Å². The molecule has 2 nitrogen and oxygen atoms in total. The highest BCUT2D eigenvalue weighted by molar-refractivity contribution is 5.36. The lowest BCUT2D eigenvalue weighted by molar-refractivity contribution is 0.569. The maximum atomic E-state index is 6.04. The molecule has 0 saturated carbocycles. The zero-order valence-electron chi connectivity index (χ0n) is 8.66. The van der Waals surface area contributed by atoms with Crippen molar-refractivity contribution in [1.29, 1.82) is 0 Å². The Morgan fingerprint density at radius 3 is 2.93 bits per heavy atom. The number of hydrogen-bond donors (Lipinski definition) is 2. The van der Waals surface area contributed by atoms with Crippen molar-refractivity contribution in [3.05, 3.63) is 34.9 Å². The van der Waals surface area contributed by atoms with E-state index in [0.29, 0.717) is 0 Å². The molecule has 1 aliphatic carbocycles. The van der Waals surface area contributed by atoms with Gasteiger partial charge in [-0.1, -0.05) is 18.2 Å². The molecule has 0 aliphatic heterocycles. The Morgan fingerprint density at radius 1 is 1.43 bits per heavy atom. The highest BCUT2D eigenvalue weighted by atomic mass is 14.6. The van der Waals surface area contributed by atoms with Crippen molar-refractivity contribution in [2.45, 2.75) is 38.3 Å². The van der Waals surface area contributed by atoms with Crippen LogP contribution in [-0.4, -0.2) is 0 Å². The standard InChI is InChI=1S/C12H18N2/c1-8(13)9-5-6-11-10(7-9)3-2-4-12(11)14/h5-8,12H,2-4,13-14H2,1H3/t8-,12+/m0/s1. The SMILES string of the molecule is C[C@H](N)c1ccc2c(c1)CCC[C@H]2N. The van der Waals surface area contributed by atoms with E-state index in [9.17, 15) is 0 Å². The van der Waals surface area contributed by atoms with Gasteiger partial charge in [0, 0.05) is 12.1 Å². The van der Waals surface area contributed by atoms with Gasteiger partial charge in [-0.2, -0.15) is 0 Å². The molecule has 2 heteroatoms. The van der Waals surface area contributed by atoms with Crippen molar-refractivity contribution in [2.24, 2.45) is 11.5 Å². The molecule has 76 valence electrons. The summed E-state index contributed by atoms with van der Waals surface area (Å²) in [6.45, 7) is 2.02. The molecule has 0 aromatic heterocycles. The first kappa shape index (κ1) is 9.69.